The van der Waals surface area contributed by atoms with Crippen molar-refractivity contribution in [3.05, 3.63) is 50.5 Å². The van der Waals surface area contributed by atoms with Crippen LogP contribution in [0.1, 0.15) is 23.8 Å². The zero-order valence-electron chi connectivity index (χ0n) is 9.12. The minimum absolute atomic E-state index is 0.198. The molecule has 0 saturated heterocycles. The van der Waals surface area contributed by atoms with Crippen molar-refractivity contribution in [2.75, 3.05) is 0 Å². The minimum Gasteiger partial charge on any atom is -0.289 e. The van der Waals surface area contributed by atoms with E-state index in [0.29, 0.717) is 0 Å². The van der Waals surface area contributed by atoms with Crippen molar-refractivity contribution in [3.8, 4) is 0 Å². The van der Waals surface area contributed by atoms with Gasteiger partial charge in [0.05, 0.1) is 0 Å². The Balaban J connectivity index is 2.44. The van der Waals surface area contributed by atoms with Crippen LogP contribution in [0.2, 0.25) is 0 Å². The van der Waals surface area contributed by atoms with Crippen molar-refractivity contribution in [2.45, 2.75) is 19.8 Å². The highest BCUT2D eigenvalue weighted by molar-refractivity contribution is 7.18. The highest BCUT2D eigenvalue weighted by Crippen LogP contribution is 2.28. The topological polar surface area (TPSA) is 17.1 Å². The molecule has 2 aromatic rings. The zero-order chi connectivity index (χ0) is 11.1. The normalized spacial score (nSPS) is 14.7. The van der Waals surface area contributed by atoms with Gasteiger partial charge in [0.25, 0.3) is 0 Å². The summed E-state index contributed by atoms with van der Waals surface area (Å²) in [5, 5.41) is 0.859. The Kier molecular flexibility index (Phi) is 2.18. The van der Waals surface area contributed by atoms with Gasteiger partial charge in [-0.1, -0.05) is 23.8 Å². The third-order valence-electron chi connectivity index (χ3n) is 3.05. The molecule has 1 aromatic heterocycles. The lowest BCUT2D eigenvalue weighted by Gasteiger charge is -2.13. The van der Waals surface area contributed by atoms with E-state index in [-0.39, 0.29) is 5.43 Å². The van der Waals surface area contributed by atoms with Crippen LogP contribution in [0.15, 0.2) is 34.6 Å². The van der Waals surface area contributed by atoms with E-state index >= 15 is 0 Å². The lowest BCUT2D eigenvalue weighted by atomic mass is 9.99. The number of benzene rings is 1. The van der Waals surface area contributed by atoms with E-state index in [1.54, 1.807) is 11.3 Å². The summed E-state index contributed by atoms with van der Waals surface area (Å²) in [5.41, 5.74) is 2.43. The van der Waals surface area contributed by atoms with E-state index in [0.717, 1.165) is 28.5 Å². The Labute approximate surface area is 98.1 Å². The molecule has 0 radical (unpaired) electrons. The van der Waals surface area contributed by atoms with Crippen molar-refractivity contribution in [1.29, 1.82) is 0 Å². The van der Waals surface area contributed by atoms with E-state index in [9.17, 15) is 4.79 Å². The molecular formula is C14H12OS. The summed E-state index contributed by atoms with van der Waals surface area (Å²) < 4.78 is 1.11. The maximum Gasteiger partial charge on any atom is 0.195 e. The summed E-state index contributed by atoms with van der Waals surface area (Å²) in [6, 6.07) is 7.88. The molecule has 1 heterocycles. The van der Waals surface area contributed by atoms with Crippen molar-refractivity contribution in [2.24, 2.45) is 0 Å². The summed E-state index contributed by atoms with van der Waals surface area (Å²) in [6.45, 7) is 2.10. The van der Waals surface area contributed by atoms with Gasteiger partial charge < -0.3 is 0 Å². The molecule has 1 aliphatic rings. The maximum atomic E-state index is 12.3. The molecule has 16 heavy (non-hydrogen) atoms. The molecule has 0 N–H and O–H groups in total. The van der Waals surface area contributed by atoms with Crippen LogP contribution in [0.4, 0.5) is 0 Å². The molecule has 0 bridgehead atoms. The van der Waals surface area contributed by atoms with Crippen LogP contribution < -0.4 is 5.43 Å². The van der Waals surface area contributed by atoms with Gasteiger partial charge in [0.15, 0.2) is 5.43 Å². The van der Waals surface area contributed by atoms with Gasteiger partial charge in [0.1, 0.15) is 0 Å². The monoisotopic (exact) mass is 228 g/mol. The quantitative estimate of drug-likeness (QED) is 0.673. The SMILES string of the molecule is CC1=Cc2c(sc3ccccc3c2=O)CC1. The van der Waals surface area contributed by atoms with E-state index in [1.165, 1.54) is 10.5 Å². The van der Waals surface area contributed by atoms with Gasteiger partial charge in [0.2, 0.25) is 0 Å². The largest absolute Gasteiger partial charge is 0.289 e. The molecule has 0 saturated carbocycles. The molecule has 0 fully saturated rings. The molecule has 1 nitrogen and oxygen atoms in total. The third kappa shape index (κ3) is 1.41. The summed E-state index contributed by atoms with van der Waals surface area (Å²) in [6.07, 6.45) is 4.16. The number of aryl methyl sites for hydroxylation is 1. The van der Waals surface area contributed by atoms with Crippen LogP contribution in [0, 0.1) is 0 Å². The fourth-order valence-corrected chi connectivity index (χ4v) is 3.31. The second-order valence-electron chi connectivity index (χ2n) is 4.25. The molecule has 80 valence electrons. The molecular weight excluding hydrogens is 216 g/mol. The second-order valence-corrected chi connectivity index (χ2v) is 5.39. The first-order valence-corrected chi connectivity index (χ1v) is 6.29. The van der Waals surface area contributed by atoms with Gasteiger partial charge in [-0.2, -0.15) is 0 Å². The predicted molar refractivity (Wildman–Crippen MR) is 70.1 cm³/mol. The molecule has 0 atom stereocenters. The smallest absolute Gasteiger partial charge is 0.195 e. The van der Waals surface area contributed by atoms with Gasteiger partial charge in [-0.25, -0.2) is 0 Å². The summed E-state index contributed by atoms with van der Waals surface area (Å²) in [4.78, 5) is 13.5. The van der Waals surface area contributed by atoms with Crippen molar-refractivity contribution in [1.82, 2.24) is 0 Å². The zero-order valence-corrected chi connectivity index (χ0v) is 9.93. The molecule has 0 spiro atoms. The number of hydrogen-bond acceptors (Lipinski definition) is 2. The molecule has 0 amide bonds. The van der Waals surface area contributed by atoms with Crippen LogP contribution in [0.25, 0.3) is 16.2 Å². The molecule has 3 rings (SSSR count). The summed E-state index contributed by atoms with van der Waals surface area (Å²) in [7, 11) is 0. The van der Waals surface area contributed by atoms with Gasteiger partial charge in [-0.3, -0.25) is 4.79 Å². The van der Waals surface area contributed by atoms with E-state index < -0.39 is 0 Å². The first-order valence-electron chi connectivity index (χ1n) is 5.47. The number of hydrogen-bond donors (Lipinski definition) is 0. The van der Waals surface area contributed by atoms with Crippen LogP contribution in [0.3, 0.4) is 0 Å². The summed E-state index contributed by atoms with van der Waals surface area (Å²) in [5.74, 6) is 0. The van der Waals surface area contributed by atoms with Crippen molar-refractivity contribution >= 4 is 27.5 Å². The fraction of sp³-hybridized carbons (Fsp3) is 0.214. The molecule has 0 unspecified atom stereocenters. The average Bonchev–Trinajstić information content (AvgIpc) is 2.31. The van der Waals surface area contributed by atoms with E-state index in [2.05, 4.69) is 13.0 Å². The third-order valence-corrected chi connectivity index (χ3v) is 4.29. The molecule has 1 aliphatic carbocycles. The molecule has 0 aliphatic heterocycles. The van der Waals surface area contributed by atoms with E-state index in [4.69, 9.17) is 0 Å². The number of fused-ring (bicyclic) bond motifs is 2. The average molecular weight is 228 g/mol. The fourth-order valence-electron chi connectivity index (χ4n) is 2.16. The second kappa shape index (κ2) is 3.56. The van der Waals surface area contributed by atoms with Crippen molar-refractivity contribution in [3.63, 3.8) is 0 Å². The maximum absolute atomic E-state index is 12.3. The molecule has 2 heteroatoms. The van der Waals surface area contributed by atoms with Crippen molar-refractivity contribution < 1.29 is 0 Å². The Hall–Kier alpha value is -1.41. The lowest BCUT2D eigenvalue weighted by molar-refractivity contribution is 0.945. The van der Waals surface area contributed by atoms with Gasteiger partial charge in [-0.05, 0) is 31.9 Å². The Bertz CT molecular complexity index is 649. The Morgan fingerprint density at radius 1 is 1.19 bits per heavy atom. The standard InChI is InChI=1S/C14H12OS/c1-9-6-7-13-11(8-9)14(15)10-4-2-3-5-12(10)16-13/h2-5,8H,6-7H2,1H3. The predicted octanol–water partition coefficient (Wildman–Crippen LogP) is 3.61. The number of allylic oxidation sites excluding steroid dienone is 1. The first kappa shape index (κ1) is 9.79. The Morgan fingerprint density at radius 2 is 2.00 bits per heavy atom. The molecule has 1 aromatic carbocycles. The van der Waals surface area contributed by atoms with Gasteiger partial charge in [0, 0.05) is 20.5 Å². The first-order chi connectivity index (χ1) is 7.75. The Morgan fingerprint density at radius 3 is 2.88 bits per heavy atom. The van der Waals surface area contributed by atoms with Gasteiger partial charge in [-0.15, -0.1) is 11.3 Å². The number of rotatable bonds is 0. The highest BCUT2D eigenvalue weighted by atomic mass is 32.1. The highest BCUT2D eigenvalue weighted by Gasteiger charge is 2.14. The van der Waals surface area contributed by atoms with Gasteiger partial charge >= 0.3 is 0 Å². The van der Waals surface area contributed by atoms with Crippen LogP contribution in [-0.4, -0.2) is 0 Å². The minimum atomic E-state index is 0.198. The van der Waals surface area contributed by atoms with Crippen LogP contribution >= 0.6 is 11.3 Å². The van der Waals surface area contributed by atoms with Crippen LogP contribution in [0.5, 0.6) is 0 Å². The van der Waals surface area contributed by atoms with E-state index in [1.807, 2.05) is 24.3 Å². The van der Waals surface area contributed by atoms with Crippen LogP contribution in [-0.2, 0) is 6.42 Å². The lowest BCUT2D eigenvalue weighted by Crippen LogP contribution is -2.10. The summed E-state index contributed by atoms with van der Waals surface area (Å²) >= 11 is 1.76.